The van der Waals surface area contributed by atoms with Gasteiger partial charge in [-0.05, 0) is 328 Å². The molecule has 684 valence electrons. The van der Waals surface area contributed by atoms with Crippen molar-refractivity contribution in [3.05, 3.63) is 331 Å². The van der Waals surface area contributed by atoms with Crippen LogP contribution in [0.4, 0.5) is 0 Å². The highest BCUT2D eigenvalue weighted by Crippen LogP contribution is 2.48. The predicted molar refractivity (Wildman–Crippen MR) is 509 cm³/mol. The van der Waals surface area contributed by atoms with Crippen molar-refractivity contribution in [2.75, 3.05) is 79.3 Å². The van der Waals surface area contributed by atoms with Gasteiger partial charge in [-0.2, -0.15) is 0 Å². The standard InChI is InChI=1S/C108H108O24/c1-7-13-19-61-115-79-37-49-85(50-38-79)121-67-25-31-103(109)127-97-73-91-92(74-98(97)128-104(110)32-26-68-122-86-51-39-80(40-52-86)116-62-20-14-8-2)94-76-100(130-106(112)34-28-70-124-88-55-43-82(44-56-88)118-64-22-16-10-4)102(132-108(114)36-30-72-126-90-59-47-84(48-60-90)120-66-24-18-12-6)78-96(94)95-77-101(131-107(113)35-29-71-125-89-57-45-83(46-58-89)119-65-23-17-11-5)99(75-93(91)95)129-105(111)33-27-69-123-87-53-41-81(42-54-87)117-63-21-15-9-3/h7-12,25-60,73-78H,1-6,13-24,61-72H2/b31-25+,32-26+,33-27+,34-28+,35-29+,36-30+. The molecule has 0 amide bonds. The molecule has 0 unspecified atom stereocenters. The van der Waals surface area contributed by atoms with E-state index >= 15 is 0 Å². The van der Waals surface area contributed by atoms with Crippen LogP contribution < -0.4 is 85.3 Å². The van der Waals surface area contributed by atoms with Crippen LogP contribution in [0.25, 0.3) is 32.3 Å². The summed E-state index contributed by atoms with van der Waals surface area (Å²) in [6, 6.07) is 50.2. The van der Waals surface area contributed by atoms with Crippen LogP contribution in [0.3, 0.4) is 0 Å². The molecule has 24 heteroatoms. The molecule has 0 saturated carbocycles. The normalized spacial score (nSPS) is 11.2. The predicted octanol–water partition coefficient (Wildman–Crippen LogP) is 22.5. The van der Waals surface area contributed by atoms with E-state index < -0.39 is 35.8 Å². The first-order valence-electron chi connectivity index (χ1n) is 43.3. The minimum absolute atomic E-state index is 0.0992. The second kappa shape index (κ2) is 55.8. The van der Waals surface area contributed by atoms with Gasteiger partial charge in [-0.1, -0.05) is 36.5 Å². The Bertz CT molecular complexity index is 4730. The molecule has 0 saturated heterocycles. The summed E-state index contributed by atoms with van der Waals surface area (Å²) in [5.41, 5.74) is 0. The molecule has 10 aromatic carbocycles. The van der Waals surface area contributed by atoms with E-state index in [9.17, 15) is 28.8 Å². The first kappa shape index (κ1) is 98.5. The molecule has 0 N–H and O–H groups in total. The number of unbranched alkanes of at least 4 members (excludes halogenated alkanes) is 6. The van der Waals surface area contributed by atoms with Crippen molar-refractivity contribution in [1.82, 2.24) is 0 Å². The number of benzene rings is 10. The fraction of sp³-hybridized carbons (Fsp3) is 0.222. The molecule has 0 heterocycles. The molecule has 0 aliphatic carbocycles. The van der Waals surface area contributed by atoms with Gasteiger partial charge in [0, 0.05) is 36.5 Å². The van der Waals surface area contributed by atoms with Crippen molar-refractivity contribution in [2.45, 2.75) is 77.0 Å². The van der Waals surface area contributed by atoms with Crippen molar-refractivity contribution in [3.63, 3.8) is 0 Å². The smallest absolute Gasteiger partial charge is 0.336 e. The van der Waals surface area contributed by atoms with Crippen LogP contribution in [0.5, 0.6) is 103 Å². The number of fused-ring (bicyclic) bond motifs is 6. The number of allylic oxidation sites excluding steroid dienone is 6. The van der Waals surface area contributed by atoms with Gasteiger partial charge in [0.05, 0.1) is 39.6 Å². The van der Waals surface area contributed by atoms with Crippen LogP contribution in [0.1, 0.15) is 77.0 Å². The number of esters is 6. The SMILES string of the molecule is C=CCCCOc1ccc(OC/C=C/C(=O)Oc2cc3c4cc(OC(=O)/C=C/COc5ccc(OCCCC=C)cc5)c(OC(=O)/C=C/COc5ccc(OCCCC=C)cc5)cc4c4cc(OC(=O)/C=C/COc5ccc(OCCCC=C)cc5)c(OC(=O)/C=C/COc5ccc(OCCCC=C)cc5)cc4c3cc2OC(=O)/C=C/COc2ccc(OCCCC=C)cc2)cc1. The second-order valence-electron chi connectivity index (χ2n) is 28.8. The maximum Gasteiger partial charge on any atom is 0.336 e. The summed E-state index contributed by atoms with van der Waals surface area (Å²) in [5.74, 6) is -0.998. The lowest BCUT2D eigenvalue weighted by atomic mass is 9.93. The highest BCUT2D eigenvalue weighted by molar-refractivity contribution is 6.27. The second-order valence-corrected chi connectivity index (χ2v) is 28.8. The van der Waals surface area contributed by atoms with Crippen molar-refractivity contribution in [2.24, 2.45) is 0 Å². The molecular weight excluding hydrogens is 1680 g/mol. The summed E-state index contributed by atoms with van der Waals surface area (Å²) >= 11 is 0. The molecule has 0 atom stereocenters. The molecule has 0 aliphatic heterocycles. The Morgan fingerprint density at radius 2 is 0.311 bits per heavy atom. The third kappa shape index (κ3) is 34.5. The summed E-state index contributed by atoms with van der Waals surface area (Å²) < 4.78 is 108. The highest BCUT2D eigenvalue weighted by Gasteiger charge is 2.25. The Labute approximate surface area is 768 Å². The number of ether oxygens (including phenoxy) is 18. The van der Waals surface area contributed by atoms with E-state index in [1.807, 2.05) is 36.5 Å². The van der Waals surface area contributed by atoms with Crippen molar-refractivity contribution < 1.29 is 114 Å². The van der Waals surface area contributed by atoms with Crippen LogP contribution in [0, 0.1) is 0 Å². The average Bonchev–Trinajstić information content (AvgIpc) is 0.722. The summed E-state index contributed by atoms with van der Waals surface area (Å²) in [5, 5.41) is 1.13. The first-order chi connectivity index (χ1) is 64.7. The zero-order valence-corrected chi connectivity index (χ0v) is 73.7. The summed E-state index contributed by atoms with van der Waals surface area (Å²) in [6.45, 7) is 25.0. The molecular formula is C108H108O24. The van der Waals surface area contributed by atoms with Gasteiger partial charge in [-0.3, -0.25) is 0 Å². The maximum absolute atomic E-state index is 14.4. The van der Waals surface area contributed by atoms with E-state index in [-0.39, 0.29) is 106 Å². The van der Waals surface area contributed by atoms with Gasteiger partial charge in [-0.25, -0.2) is 28.8 Å². The summed E-state index contributed by atoms with van der Waals surface area (Å²) in [4.78, 5) is 86.2. The van der Waals surface area contributed by atoms with Crippen LogP contribution >= 0.6 is 0 Å². The molecule has 0 fully saturated rings. The molecule has 0 bridgehead atoms. The van der Waals surface area contributed by atoms with Gasteiger partial charge in [-0.15, -0.1) is 39.5 Å². The molecule has 10 aromatic rings. The average molecular weight is 1790 g/mol. The van der Waals surface area contributed by atoms with Crippen LogP contribution in [0.2, 0.25) is 0 Å². The first-order valence-corrected chi connectivity index (χ1v) is 43.3. The van der Waals surface area contributed by atoms with Gasteiger partial charge in [0.15, 0.2) is 34.5 Å². The Morgan fingerprint density at radius 1 is 0.189 bits per heavy atom. The van der Waals surface area contributed by atoms with Crippen LogP contribution in [0.15, 0.2) is 331 Å². The van der Waals surface area contributed by atoms with Crippen molar-refractivity contribution >= 4 is 68.1 Å². The van der Waals surface area contributed by atoms with Crippen molar-refractivity contribution in [1.29, 1.82) is 0 Å². The zero-order valence-electron chi connectivity index (χ0n) is 73.7. The number of hydrogen-bond donors (Lipinski definition) is 0. The Hall–Kier alpha value is -15.7. The lowest BCUT2D eigenvalue weighted by Gasteiger charge is -2.18. The monoisotopic (exact) mass is 1790 g/mol. The molecule has 24 nitrogen and oxygen atoms in total. The molecule has 10 rings (SSSR count). The van der Waals surface area contributed by atoms with Gasteiger partial charge < -0.3 is 85.3 Å². The molecule has 0 radical (unpaired) electrons. The molecule has 0 spiro atoms. The lowest BCUT2D eigenvalue weighted by Crippen LogP contribution is -2.11. The Morgan fingerprint density at radius 3 is 0.432 bits per heavy atom. The maximum atomic E-state index is 14.4. The van der Waals surface area contributed by atoms with E-state index in [1.165, 1.54) is 72.9 Å². The minimum atomic E-state index is -0.953. The highest BCUT2D eigenvalue weighted by atomic mass is 16.6. The van der Waals surface area contributed by atoms with Gasteiger partial charge >= 0.3 is 35.8 Å². The Balaban J connectivity index is 1.07. The number of carbonyl (C=O) groups is 6. The van der Waals surface area contributed by atoms with E-state index in [4.69, 9.17) is 85.3 Å². The molecule has 0 aromatic heterocycles. The summed E-state index contributed by atoms with van der Waals surface area (Å²) in [7, 11) is 0. The number of hydrogen-bond acceptors (Lipinski definition) is 24. The zero-order chi connectivity index (χ0) is 93.0. The van der Waals surface area contributed by atoms with Crippen molar-refractivity contribution in [3.8, 4) is 103 Å². The summed E-state index contributed by atoms with van der Waals surface area (Å²) in [6.07, 6.45) is 35.8. The third-order valence-electron chi connectivity index (χ3n) is 18.9. The van der Waals surface area contributed by atoms with Gasteiger partial charge in [0.2, 0.25) is 0 Å². The fourth-order valence-corrected chi connectivity index (χ4v) is 12.4. The quantitative estimate of drug-likeness (QED) is 0.00855. The van der Waals surface area contributed by atoms with Gasteiger partial charge in [0.25, 0.3) is 0 Å². The van der Waals surface area contributed by atoms with Gasteiger partial charge in [0.1, 0.15) is 109 Å². The van der Waals surface area contributed by atoms with Crippen LogP contribution in [-0.2, 0) is 28.8 Å². The van der Waals surface area contributed by atoms with E-state index in [2.05, 4.69) is 39.5 Å². The van der Waals surface area contributed by atoms with E-state index in [0.717, 1.165) is 114 Å². The number of rotatable bonds is 60. The minimum Gasteiger partial charge on any atom is -0.494 e. The third-order valence-corrected chi connectivity index (χ3v) is 18.9. The molecule has 132 heavy (non-hydrogen) atoms. The van der Waals surface area contributed by atoms with E-state index in [1.54, 1.807) is 146 Å². The Kier molecular flexibility index (Phi) is 41.6. The van der Waals surface area contributed by atoms with E-state index in [0.29, 0.717) is 109 Å². The molecule has 0 aliphatic rings. The largest absolute Gasteiger partial charge is 0.494 e. The van der Waals surface area contributed by atoms with Crippen LogP contribution in [-0.4, -0.2) is 115 Å². The fourth-order valence-electron chi connectivity index (χ4n) is 12.4. The number of carbonyl (C=O) groups excluding carboxylic acids is 6. The lowest BCUT2D eigenvalue weighted by molar-refractivity contribution is -0.131. The topological polar surface area (TPSA) is 269 Å².